The molecule has 0 bridgehead atoms. The first kappa shape index (κ1) is 19.2. The molecular weight excluding hydrogens is 219 g/mol. The first-order valence-electron chi connectivity index (χ1n) is 3.55. The zero-order valence-electron chi connectivity index (χ0n) is 7.67. The summed E-state index contributed by atoms with van der Waals surface area (Å²) in [6, 6.07) is 10.2. The molecule has 0 aromatic heterocycles. The van der Waals surface area contributed by atoms with Crippen LogP contribution in [0.2, 0.25) is 0 Å². The van der Waals surface area contributed by atoms with E-state index >= 15 is 0 Å². The second-order valence-electron chi connectivity index (χ2n) is 2.12. The van der Waals surface area contributed by atoms with Crippen LogP contribution in [-0.4, -0.2) is 29.7 Å². The summed E-state index contributed by atoms with van der Waals surface area (Å²) in [6.07, 6.45) is 0. The van der Waals surface area contributed by atoms with Gasteiger partial charge in [-0.1, -0.05) is 30.3 Å². The van der Waals surface area contributed by atoms with Crippen molar-refractivity contribution in [1.29, 1.82) is 0 Å². The number of hydrogen-bond acceptors (Lipinski definition) is 1. The molecule has 0 spiro atoms. The normalized spacial score (nSPS) is 7.46. The second-order valence-corrected chi connectivity index (χ2v) is 2.12. The van der Waals surface area contributed by atoms with Gasteiger partial charge < -0.3 is 29.6 Å². The Balaban J connectivity index is -0.000000333. The van der Waals surface area contributed by atoms with Crippen molar-refractivity contribution in [3.05, 3.63) is 35.9 Å². The fourth-order valence-corrected chi connectivity index (χ4v) is 0.794. The first-order valence-corrected chi connectivity index (χ1v) is 3.55. The molecule has 0 aliphatic heterocycles. The SMILES string of the molecule is CCOCc1ccccc1.[Cl-].[Cl-].[Mg+2]. The third-order valence-electron chi connectivity index (χ3n) is 1.32. The molecule has 1 nitrogen and oxygen atoms in total. The molecule has 0 amide bonds. The predicted molar refractivity (Wildman–Crippen MR) is 47.5 cm³/mol. The molecule has 0 saturated carbocycles. The average Bonchev–Trinajstić information content (AvgIpc) is 2.03. The molecule has 0 radical (unpaired) electrons. The molecule has 0 N–H and O–H groups in total. The summed E-state index contributed by atoms with van der Waals surface area (Å²) in [5, 5.41) is 0. The van der Waals surface area contributed by atoms with Gasteiger partial charge in [-0.05, 0) is 12.5 Å². The van der Waals surface area contributed by atoms with Crippen LogP contribution in [0.15, 0.2) is 30.3 Å². The van der Waals surface area contributed by atoms with Crippen LogP contribution in [0, 0.1) is 0 Å². The van der Waals surface area contributed by atoms with Crippen LogP contribution in [0.1, 0.15) is 12.5 Å². The Morgan fingerprint density at radius 3 is 2.08 bits per heavy atom. The Kier molecular flexibility index (Phi) is 18.5. The topological polar surface area (TPSA) is 9.23 Å². The smallest absolute Gasteiger partial charge is 1.00 e. The molecule has 0 aliphatic rings. The van der Waals surface area contributed by atoms with Gasteiger partial charge in [0.25, 0.3) is 0 Å². The average molecular weight is 231 g/mol. The maximum absolute atomic E-state index is 5.22. The molecule has 0 atom stereocenters. The molecule has 0 fully saturated rings. The van der Waals surface area contributed by atoms with Crippen LogP contribution in [-0.2, 0) is 11.3 Å². The van der Waals surface area contributed by atoms with E-state index in [4.69, 9.17) is 4.74 Å². The number of benzene rings is 1. The van der Waals surface area contributed by atoms with Crippen molar-refractivity contribution in [2.24, 2.45) is 0 Å². The largest absolute Gasteiger partial charge is 2.00 e. The zero-order chi connectivity index (χ0) is 7.23. The van der Waals surface area contributed by atoms with Crippen molar-refractivity contribution in [1.82, 2.24) is 0 Å². The molecule has 70 valence electrons. The molecule has 1 aromatic carbocycles. The van der Waals surface area contributed by atoms with Gasteiger partial charge in [-0.25, -0.2) is 0 Å². The summed E-state index contributed by atoms with van der Waals surface area (Å²) in [6.45, 7) is 3.52. The molecule has 0 aliphatic carbocycles. The van der Waals surface area contributed by atoms with E-state index < -0.39 is 0 Å². The van der Waals surface area contributed by atoms with Gasteiger partial charge in [-0.2, -0.15) is 0 Å². The van der Waals surface area contributed by atoms with Crippen LogP contribution in [0.4, 0.5) is 0 Å². The van der Waals surface area contributed by atoms with E-state index in [-0.39, 0.29) is 47.9 Å². The van der Waals surface area contributed by atoms with E-state index in [2.05, 4.69) is 12.1 Å². The van der Waals surface area contributed by atoms with Gasteiger partial charge in [0.15, 0.2) is 0 Å². The molecule has 4 heteroatoms. The third kappa shape index (κ3) is 8.85. The van der Waals surface area contributed by atoms with Crippen LogP contribution < -0.4 is 24.8 Å². The summed E-state index contributed by atoms with van der Waals surface area (Å²) in [5.74, 6) is 0. The standard InChI is InChI=1S/C9H12O.2ClH.Mg/c1-2-10-8-9-6-4-3-5-7-9;;;/h3-7H,2,8H2,1H3;2*1H;/q;;;+2/p-2. The molecule has 0 unspecified atom stereocenters. The van der Waals surface area contributed by atoms with Gasteiger partial charge in [-0.3, -0.25) is 0 Å². The molecule has 0 heterocycles. The minimum atomic E-state index is 0. The minimum Gasteiger partial charge on any atom is -1.00 e. The van der Waals surface area contributed by atoms with E-state index in [0.29, 0.717) is 0 Å². The Labute approximate surface area is 108 Å². The number of ether oxygens (including phenoxy) is 1. The van der Waals surface area contributed by atoms with Crippen molar-refractivity contribution >= 4 is 23.1 Å². The van der Waals surface area contributed by atoms with Crippen LogP contribution in [0.3, 0.4) is 0 Å². The Morgan fingerprint density at radius 2 is 1.62 bits per heavy atom. The van der Waals surface area contributed by atoms with Crippen molar-refractivity contribution in [2.75, 3.05) is 6.61 Å². The maximum atomic E-state index is 5.22. The van der Waals surface area contributed by atoms with Crippen molar-refractivity contribution in [3.63, 3.8) is 0 Å². The van der Waals surface area contributed by atoms with Gasteiger partial charge in [0, 0.05) is 6.61 Å². The second kappa shape index (κ2) is 12.5. The summed E-state index contributed by atoms with van der Waals surface area (Å²) in [7, 11) is 0. The van der Waals surface area contributed by atoms with Crippen molar-refractivity contribution in [3.8, 4) is 0 Å². The fourth-order valence-electron chi connectivity index (χ4n) is 0.794. The summed E-state index contributed by atoms with van der Waals surface area (Å²) in [5.41, 5.74) is 1.24. The Hall–Kier alpha value is 0.526. The summed E-state index contributed by atoms with van der Waals surface area (Å²) < 4.78 is 5.22. The molecule has 0 saturated heterocycles. The zero-order valence-corrected chi connectivity index (χ0v) is 10.6. The first-order chi connectivity index (χ1) is 4.93. The van der Waals surface area contributed by atoms with E-state index in [1.807, 2.05) is 25.1 Å². The molecule has 1 aromatic rings. The van der Waals surface area contributed by atoms with Gasteiger partial charge in [0.2, 0.25) is 0 Å². The molecule has 1 rings (SSSR count). The van der Waals surface area contributed by atoms with Crippen LogP contribution in [0.25, 0.3) is 0 Å². The maximum Gasteiger partial charge on any atom is 2.00 e. The van der Waals surface area contributed by atoms with Gasteiger partial charge in [-0.15, -0.1) is 0 Å². The quantitative estimate of drug-likeness (QED) is 0.480. The molecule has 13 heavy (non-hydrogen) atoms. The number of rotatable bonds is 3. The predicted octanol–water partition coefficient (Wildman–Crippen LogP) is -4.15. The van der Waals surface area contributed by atoms with E-state index in [0.717, 1.165) is 13.2 Å². The minimum absolute atomic E-state index is 0. The van der Waals surface area contributed by atoms with Crippen LogP contribution >= 0.6 is 0 Å². The van der Waals surface area contributed by atoms with E-state index in [1.54, 1.807) is 0 Å². The summed E-state index contributed by atoms with van der Waals surface area (Å²) >= 11 is 0. The Morgan fingerprint density at radius 1 is 1.08 bits per heavy atom. The number of hydrogen-bond donors (Lipinski definition) is 0. The monoisotopic (exact) mass is 230 g/mol. The van der Waals surface area contributed by atoms with Gasteiger partial charge in [0.05, 0.1) is 6.61 Å². The van der Waals surface area contributed by atoms with E-state index in [1.165, 1.54) is 5.56 Å². The summed E-state index contributed by atoms with van der Waals surface area (Å²) in [4.78, 5) is 0. The van der Waals surface area contributed by atoms with Crippen LogP contribution in [0.5, 0.6) is 0 Å². The molecular formula is C9H12Cl2MgO. The van der Waals surface area contributed by atoms with E-state index in [9.17, 15) is 0 Å². The van der Waals surface area contributed by atoms with Crippen molar-refractivity contribution < 1.29 is 29.6 Å². The fraction of sp³-hybridized carbons (Fsp3) is 0.333. The van der Waals surface area contributed by atoms with Gasteiger partial charge >= 0.3 is 23.1 Å². The van der Waals surface area contributed by atoms with Gasteiger partial charge in [0.1, 0.15) is 0 Å². The number of halogens is 2. The Bertz CT molecular complexity index is 182. The van der Waals surface area contributed by atoms with Crippen molar-refractivity contribution in [2.45, 2.75) is 13.5 Å². The third-order valence-corrected chi connectivity index (χ3v) is 1.32.